The smallest absolute Gasteiger partial charge is 0.215 e. The van der Waals surface area contributed by atoms with Crippen molar-refractivity contribution in [1.29, 1.82) is 0 Å². The van der Waals surface area contributed by atoms with Gasteiger partial charge in [0.15, 0.2) is 0 Å². The van der Waals surface area contributed by atoms with Crippen LogP contribution < -0.4 is 5.32 Å². The summed E-state index contributed by atoms with van der Waals surface area (Å²) in [6.45, 7) is 8.71. The van der Waals surface area contributed by atoms with Gasteiger partial charge in [-0.05, 0) is 38.5 Å². The molecule has 0 saturated heterocycles. The molecular weight excluding hydrogens is 308 g/mol. The van der Waals surface area contributed by atoms with Gasteiger partial charge in [0, 0.05) is 6.20 Å². The van der Waals surface area contributed by atoms with E-state index in [0.29, 0.717) is 0 Å². The van der Waals surface area contributed by atoms with E-state index in [0.717, 1.165) is 29.9 Å². The Bertz CT molecular complexity index is 1000. The van der Waals surface area contributed by atoms with Gasteiger partial charge in [-0.2, -0.15) is 0 Å². The van der Waals surface area contributed by atoms with Gasteiger partial charge in [-0.25, -0.2) is 4.98 Å². The number of fused-ring (bicyclic) bond motifs is 3. The van der Waals surface area contributed by atoms with Gasteiger partial charge in [-0.3, -0.25) is 4.40 Å². The molecule has 0 aliphatic rings. The first-order valence-electron chi connectivity index (χ1n) is 8.89. The van der Waals surface area contributed by atoms with E-state index in [1.54, 1.807) is 0 Å². The minimum atomic E-state index is 0.233. The summed E-state index contributed by atoms with van der Waals surface area (Å²) in [5.41, 5.74) is 4.89. The van der Waals surface area contributed by atoms with Crippen LogP contribution in [0, 0.1) is 0 Å². The molecule has 128 valence electrons. The molecule has 0 saturated carbocycles. The second kappa shape index (κ2) is 6.05. The van der Waals surface area contributed by atoms with Crippen LogP contribution in [-0.4, -0.2) is 26.0 Å². The SMILES string of the molecule is CC(C)(C)[NH2+]CCn1c(-c2ccccc2)cn2c3ccccc3nc12. The average molecular weight is 333 g/mol. The lowest BCUT2D eigenvalue weighted by Crippen LogP contribution is -2.94. The number of imidazole rings is 2. The molecule has 0 aliphatic heterocycles. The summed E-state index contributed by atoms with van der Waals surface area (Å²) in [6, 6.07) is 18.9. The number of para-hydroxylation sites is 2. The molecule has 0 atom stereocenters. The van der Waals surface area contributed by atoms with Gasteiger partial charge in [0.25, 0.3) is 0 Å². The van der Waals surface area contributed by atoms with Crippen molar-refractivity contribution in [2.24, 2.45) is 0 Å². The fraction of sp³-hybridized carbons (Fsp3) is 0.286. The minimum Gasteiger partial charge on any atom is -0.341 e. The standard InChI is InChI=1S/C21H24N4/c1-21(2,3)22-13-14-24-19(16-9-5-4-6-10-16)15-25-18-12-8-7-11-17(18)23-20(24)25/h4-12,15,22H,13-14H2,1-3H3/p+1. The molecule has 25 heavy (non-hydrogen) atoms. The summed E-state index contributed by atoms with van der Waals surface area (Å²) < 4.78 is 4.56. The molecule has 2 heterocycles. The molecule has 0 fully saturated rings. The summed E-state index contributed by atoms with van der Waals surface area (Å²) in [7, 11) is 0. The Kier molecular flexibility index (Phi) is 3.85. The number of nitrogens with zero attached hydrogens (tertiary/aromatic N) is 3. The summed E-state index contributed by atoms with van der Waals surface area (Å²) >= 11 is 0. The second-order valence-corrected chi connectivity index (χ2v) is 7.66. The Morgan fingerprint density at radius 1 is 0.960 bits per heavy atom. The summed E-state index contributed by atoms with van der Waals surface area (Å²) in [6.07, 6.45) is 2.22. The van der Waals surface area contributed by atoms with Crippen molar-refractivity contribution in [3.8, 4) is 11.3 Å². The van der Waals surface area contributed by atoms with Gasteiger partial charge in [-0.15, -0.1) is 0 Å². The Hall–Kier alpha value is -2.59. The number of quaternary nitrogens is 1. The second-order valence-electron chi connectivity index (χ2n) is 7.66. The van der Waals surface area contributed by atoms with Crippen molar-refractivity contribution in [3.05, 3.63) is 60.8 Å². The minimum absolute atomic E-state index is 0.233. The van der Waals surface area contributed by atoms with Gasteiger partial charge < -0.3 is 9.88 Å². The maximum atomic E-state index is 4.89. The zero-order valence-electron chi connectivity index (χ0n) is 15.1. The lowest BCUT2D eigenvalue weighted by Gasteiger charge is -2.17. The van der Waals surface area contributed by atoms with Crippen LogP contribution in [0.2, 0.25) is 0 Å². The van der Waals surface area contributed by atoms with Crippen LogP contribution in [0.25, 0.3) is 28.1 Å². The zero-order chi connectivity index (χ0) is 17.4. The van der Waals surface area contributed by atoms with Crippen LogP contribution in [0.3, 0.4) is 0 Å². The highest BCUT2D eigenvalue weighted by molar-refractivity contribution is 5.81. The first kappa shape index (κ1) is 15.9. The summed E-state index contributed by atoms with van der Waals surface area (Å²) in [4.78, 5) is 4.89. The Morgan fingerprint density at radius 2 is 1.68 bits per heavy atom. The van der Waals surface area contributed by atoms with Crippen molar-refractivity contribution in [1.82, 2.24) is 14.0 Å². The number of hydrogen-bond donors (Lipinski definition) is 1. The van der Waals surface area contributed by atoms with Crippen LogP contribution in [0.4, 0.5) is 0 Å². The van der Waals surface area contributed by atoms with Gasteiger partial charge in [0.1, 0.15) is 0 Å². The first-order chi connectivity index (χ1) is 12.0. The van der Waals surface area contributed by atoms with Gasteiger partial charge in [0.05, 0.1) is 35.4 Å². The fourth-order valence-electron chi connectivity index (χ4n) is 3.34. The highest BCUT2D eigenvalue weighted by Gasteiger charge is 2.17. The van der Waals surface area contributed by atoms with E-state index in [2.05, 4.69) is 89.8 Å². The molecule has 4 heteroatoms. The normalized spacial score (nSPS) is 12.3. The quantitative estimate of drug-likeness (QED) is 0.611. The van der Waals surface area contributed by atoms with Crippen LogP contribution in [0.1, 0.15) is 20.8 Å². The van der Waals surface area contributed by atoms with E-state index in [9.17, 15) is 0 Å². The van der Waals surface area contributed by atoms with Crippen LogP contribution in [0.15, 0.2) is 60.8 Å². The molecule has 0 aliphatic carbocycles. The maximum Gasteiger partial charge on any atom is 0.215 e. The molecule has 4 rings (SSSR count). The topological polar surface area (TPSA) is 38.8 Å². The molecule has 0 radical (unpaired) electrons. The summed E-state index contributed by atoms with van der Waals surface area (Å²) in [5, 5.41) is 2.39. The van der Waals surface area contributed by atoms with Gasteiger partial charge in [-0.1, -0.05) is 42.5 Å². The number of rotatable bonds is 4. The predicted octanol–water partition coefficient (Wildman–Crippen LogP) is 3.32. The summed E-state index contributed by atoms with van der Waals surface area (Å²) in [5.74, 6) is 1.02. The van der Waals surface area contributed by atoms with Crippen molar-refractivity contribution in [2.45, 2.75) is 32.9 Å². The lowest BCUT2D eigenvalue weighted by atomic mass is 10.1. The molecule has 0 spiro atoms. The monoisotopic (exact) mass is 333 g/mol. The van der Waals surface area contributed by atoms with E-state index in [4.69, 9.17) is 4.98 Å². The third-order valence-electron chi connectivity index (χ3n) is 4.54. The van der Waals surface area contributed by atoms with Gasteiger partial charge >= 0.3 is 0 Å². The van der Waals surface area contributed by atoms with Crippen molar-refractivity contribution in [2.75, 3.05) is 6.54 Å². The van der Waals surface area contributed by atoms with E-state index < -0.39 is 0 Å². The van der Waals surface area contributed by atoms with Crippen LogP contribution >= 0.6 is 0 Å². The molecule has 2 aromatic heterocycles. The predicted molar refractivity (Wildman–Crippen MR) is 103 cm³/mol. The van der Waals surface area contributed by atoms with Crippen LogP contribution in [0.5, 0.6) is 0 Å². The molecule has 2 N–H and O–H groups in total. The average Bonchev–Trinajstić information content (AvgIpc) is 3.11. The van der Waals surface area contributed by atoms with Crippen molar-refractivity contribution < 1.29 is 5.32 Å². The first-order valence-corrected chi connectivity index (χ1v) is 8.89. The largest absolute Gasteiger partial charge is 0.341 e. The molecule has 0 amide bonds. The zero-order valence-corrected chi connectivity index (χ0v) is 15.1. The molecule has 0 bridgehead atoms. The molecular formula is C21H25N4+. The van der Waals surface area contributed by atoms with E-state index in [1.165, 1.54) is 11.3 Å². The van der Waals surface area contributed by atoms with Crippen molar-refractivity contribution >= 4 is 16.8 Å². The Balaban J connectivity index is 1.83. The van der Waals surface area contributed by atoms with Crippen molar-refractivity contribution in [3.63, 3.8) is 0 Å². The van der Waals surface area contributed by atoms with E-state index in [1.807, 2.05) is 6.07 Å². The maximum absolute atomic E-state index is 4.89. The third-order valence-corrected chi connectivity index (χ3v) is 4.54. The number of aromatic nitrogens is 3. The number of hydrogen-bond acceptors (Lipinski definition) is 1. The Labute approximate surface area is 148 Å². The van der Waals surface area contributed by atoms with E-state index >= 15 is 0 Å². The molecule has 2 aromatic carbocycles. The number of nitrogens with two attached hydrogens (primary N) is 1. The number of benzene rings is 2. The highest BCUT2D eigenvalue weighted by atomic mass is 15.2. The third kappa shape index (κ3) is 3.05. The molecule has 4 nitrogen and oxygen atoms in total. The lowest BCUT2D eigenvalue weighted by molar-refractivity contribution is -0.717. The van der Waals surface area contributed by atoms with Gasteiger partial charge in [0.2, 0.25) is 5.78 Å². The molecule has 4 aromatic rings. The van der Waals surface area contributed by atoms with Crippen LogP contribution in [-0.2, 0) is 6.54 Å². The Morgan fingerprint density at radius 3 is 2.44 bits per heavy atom. The molecule has 0 unspecified atom stereocenters. The highest BCUT2D eigenvalue weighted by Crippen LogP contribution is 2.26. The van der Waals surface area contributed by atoms with E-state index in [-0.39, 0.29) is 5.54 Å². The fourth-order valence-corrected chi connectivity index (χ4v) is 3.34.